The average molecular weight is 249 g/mol. The molecule has 0 aliphatic carbocycles. The molecular weight excluding hydrogens is 226 g/mol. The molecule has 0 saturated carbocycles. The zero-order chi connectivity index (χ0) is 13.4. The van der Waals surface area contributed by atoms with Gasteiger partial charge in [-0.25, -0.2) is 0 Å². The van der Waals surface area contributed by atoms with E-state index in [9.17, 15) is 4.79 Å². The van der Waals surface area contributed by atoms with Gasteiger partial charge >= 0.3 is 5.97 Å². The molecule has 0 amide bonds. The number of ether oxygens (including phenoxy) is 1. The number of hydrogen-bond donors (Lipinski definition) is 1. The van der Waals surface area contributed by atoms with Crippen LogP contribution in [0.25, 0.3) is 0 Å². The van der Waals surface area contributed by atoms with E-state index in [4.69, 9.17) is 0 Å². The Morgan fingerprint density at radius 1 is 1.33 bits per heavy atom. The van der Waals surface area contributed by atoms with Gasteiger partial charge in [-0.3, -0.25) is 4.79 Å². The van der Waals surface area contributed by atoms with Crippen LogP contribution in [0, 0.1) is 0 Å². The first kappa shape index (κ1) is 14.7. The van der Waals surface area contributed by atoms with Crippen LogP contribution in [0.3, 0.4) is 0 Å². The molecular formula is C15H23NO2. The maximum absolute atomic E-state index is 10.9. The van der Waals surface area contributed by atoms with Crippen molar-refractivity contribution < 1.29 is 9.53 Å². The summed E-state index contributed by atoms with van der Waals surface area (Å²) in [6, 6.07) is 8.98. The predicted octanol–water partition coefficient (Wildman–Crippen LogP) is 2.85. The van der Waals surface area contributed by atoms with E-state index < -0.39 is 0 Å². The second-order valence-electron chi connectivity index (χ2n) is 4.45. The standard InChI is InChI=1S/C15H23NO2/c1-4-13-7-9-14(10-8-13)12(2)16-11-5-6-15(17)18-3/h7-10,12,16H,4-6,11H2,1-3H3. The number of benzene rings is 1. The molecule has 0 aliphatic rings. The first-order valence-electron chi connectivity index (χ1n) is 6.56. The molecule has 1 aromatic rings. The maximum atomic E-state index is 10.9. The highest BCUT2D eigenvalue weighted by Gasteiger charge is 2.05. The summed E-state index contributed by atoms with van der Waals surface area (Å²) in [6.45, 7) is 5.12. The zero-order valence-corrected chi connectivity index (χ0v) is 11.5. The summed E-state index contributed by atoms with van der Waals surface area (Å²) in [5, 5.41) is 3.41. The lowest BCUT2D eigenvalue weighted by Gasteiger charge is -2.14. The van der Waals surface area contributed by atoms with Crippen LogP contribution in [0.4, 0.5) is 0 Å². The van der Waals surface area contributed by atoms with E-state index in [2.05, 4.69) is 48.2 Å². The minimum Gasteiger partial charge on any atom is -0.469 e. The summed E-state index contributed by atoms with van der Waals surface area (Å²) in [4.78, 5) is 10.9. The highest BCUT2D eigenvalue weighted by Crippen LogP contribution is 2.13. The fourth-order valence-corrected chi connectivity index (χ4v) is 1.81. The Labute approximate surface area is 110 Å². The van der Waals surface area contributed by atoms with Crippen LogP contribution in [0.5, 0.6) is 0 Å². The van der Waals surface area contributed by atoms with E-state index in [1.54, 1.807) is 0 Å². The molecule has 0 heterocycles. The monoisotopic (exact) mass is 249 g/mol. The molecule has 1 aromatic carbocycles. The molecule has 1 rings (SSSR count). The molecule has 1 unspecified atom stereocenters. The molecule has 0 bridgehead atoms. The van der Waals surface area contributed by atoms with Gasteiger partial charge < -0.3 is 10.1 Å². The number of carbonyl (C=O) groups excluding carboxylic acids is 1. The molecule has 0 aliphatic heterocycles. The lowest BCUT2D eigenvalue weighted by Crippen LogP contribution is -2.20. The van der Waals surface area contributed by atoms with Gasteiger partial charge in [-0.2, -0.15) is 0 Å². The van der Waals surface area contributed by atoms with E-state index in [0.717, 1.165) is 19.4 Å². The minimum absolute atomic E-state index is 0.142. The van der Waals surface area contributed by atoms with Gasteiger partial charge in [0.05, 0.1) is 7.11 Å². The molecule has 0 radical (unpaired) electrons. The average Bonchev–Trinajstić information content (AvgIpc) is 2.43. The third-order valence-electron chi connectivity index (χ3n) is 3.12. The van der Waals surface area contributed by atoms with Crippen LogP contribution in [0.2, 0.25) is 0 Å². The molecule has 0 fully saturated rings. The third-order valence-corrected chi connectivity index (χ3v) is 3.12. The van der Waals surface area contributed by atoms with E-state index in [-0.39, 0.29) is 5.97 Å². The van der Waals surface area contributed by atoms with Crippen LogP contribution in [-0.2, 0) is 16.0 Å². The SMILES string of the molecule is CCc1ccc(C(C)NCCCC(=O)OC)cc1. The molecule has 0 saturated heterocycles. The molecule has 0 spiro atoms. The number of esters is 1. The van der Waals surface area contributed by atoms with Gasteiger partial charge in [0, 0.05) is 12.5 Å². The van der Waals surface area contributed by atoms with Crippen LogP contribution >= 0.6 is 0 Å². The lowest BCUT2D eigenvalue weighted by atomic mass is 10.0. The molecule has 3 heteroatoms. The Balaban J connectivity index is 2.31. The molecule has 18 heavy (non-hydrogen) atoms. The van der Waals surface area contributed by atoms with Crippen LogP contribution < -0.4 is 5.32 Å². The number of hydrogen-bond acceptors (Lipinski definition) is 3. The summed E-state index contributed by atoms with van der Waals surface area (Å²) in [7, 11) is 1.42. The second-order valence-corrected chi connectivity index (χ2v) is 4.45. The Bertz CT molecular complexity index is 359. The van der Waals surface area contributed by atoms with Crippen molar-refractivity contribution in [2.75, 3.05) is 13.7 Å². The fraction of sp³-hybridized carbons (Fsp3) is 0.533. The Hall–Kier alpha value is -1.35. The number of rotatable bonds is 7. The van der Waals surface area contributed by atoms with Gasteiger partial charge in [0.25, 0.3) is 0 Å². The van der Waals surface area contributed by atoms with Crippen molar-refractivity contribution in [3.63, 3.8) is 0 Å². The smallest absolute Gasteiger partial charge is 0.305 e. The van der Waals surface area contributed by atoms with Crippen molar-refractivity contribution in [1.29, 1.82) is 0 Å². The maximum Gasteiger partial charge on any atom is 0.305 e. The molecule has 100 valence electrons. The van der Waals surface area contributed by atoms with Gasteiger partial charge in [0.1, 0.15) is 0 Å². The van der Waals surface area contributed by atoms with Crippen LogP contribution in [0.1, 0.15) is 43.9 Å². The fourth-order valence-electron chi connectivity index (χ4n) is 1.81. The van der Waals surface area contributed by atoms with Gasteiger partial charge in [-0.1, -0.05) is 31.2 Å². The predicted molar refractivity (Wildman–Crippen MR) is 73.5 cm³/mol. The Morgan fingerprint density at radius 3 is 2.56 bits per heavy atom. The molecule has 1 atom stereocenters. The van der Waals surface area contributed by atoms with E-state index >= 15 is 0 Å². The van der Waals surface area contributed by atoms with E-state index in [1.165, 1.54) is 18.2 Å². The van der Waals surface area contributed by atoms with Crippen molar-refractivity contribution in [3.8, 4) is 0 Å². The summed E-state index contributed by atoms with van der Waals surface area (Å²) < 4.78 is 4.60. The van der Waals surface area contributed by atoms with Crippen molar-refractivity contribution in [1.82, 2.24) is 5.32 Å². The second kappa shape index (κ2) is 7.88. The van der Waals surface area contributed by atoms with Crippen LogP contribution in [-0.4, -0.2) is 19.6 Å². The first-order valence-corrected chi connectivity index (χ1v) is 6.56. The lowest BCUT2D eigenvalue weighted by molar-refractivity contribution is -0.140. The summed E-state index contributed by atoms with van der Waals surface area (Å²) in [6.07, 6.45) is 2.36. The zero-order valence-electron chi connectivity index (χ0n) is 11.5. The number of nitrogens with one attached hydrogen (secondary N) is 1. The third kappa shape index (κ3) is 4.88. The summed E-state index contributed by atoms with van der Waals surface area (Å²) in [5.41, 5.74) is 2.64. The van der Waals surface area contributed by atoms with Crippen molar-refractivity contribution >= 4 is 5.97 Å². The molecule has 0 aromatic heterocycles. The van der Waals surface area contributed by atoms with E-state index in [0.29, 0.717) is 12.5 Å². The first-order chi connectivity index (χ1) is 8.67. The van der Waals surface area contributed by atoms with Crippen molar-refractivity contribution in [2.24, 2.45) is 0 Å². The Morgan fingerprint density at radius 2 is 2.00 bits per heavy atom. The normalized spacial score (nSPS) is 12.2. The Kier molecular flexibility index (Phi) is 6.44. The highest BCUT2D eigenvalue weighted by molar-refractivity contribution is 5.69. The van der Waals surface area contributed by atoms with Gasteiger partial charge in [0.2, 0.25) is 0 Å². The number of carbonyl (C=O) groups is 1. The highest BCUT2D eigenvalue weighted by atomic mass is 16.5. The van der Waals surface area contributed by atoms with Crippen molar-refractivity contribution in [2.45, 2.75) is 39.2 Å². The number of methoxy groups -OCH3 is 1. The minimum atomic E-state index is -0.142. The van der Waals surface area contributed by atoms with Crippen LogP contribution in [0.15, 0.2) is 24.3 Å². The van der Waals surface area contributed by atoms with Crippen molar-refractivity contribution in [3.05, 3.63) is 35.4 Å². The van der Waals surface area contributed by atoms with Gasteiger partial charge in [0.15, 0.2) is 0 Å². The van der Waals surface area contributed by atoms with Gasteiger partial charge in [-0.05, 0) is 37.4 Å². The molecule has 1 N–H and O–H groups in total. The largest absolute Gasteiger partial charge is 0.469 e. The van der Waals surface area contributed by atoms with Gasteiger partial charge in [-0.15, -0.1) is 0 Å². The summed E-state index contributed by atoms with van der Waals surface area (Å²) in [5.74, 6) is -0.142. The summed E-state index contributed by atoms with van der Waals surface area (Å²) >= 11 is 0. The quantitative estimate of drug-likeness (QED) is 0.596. The molecule has 3 nitrogen and oxygen atoms in total. The topological polar surface area (TPSA) is 38.3 Å². The number of aryl methyl sites for hydroxylation is 1. The van der Waals surface area contributed by atoms with E-state index in [1.807, 2.05) is 0 Å².